The second-order valence-electron chi connectivity index (χ2n) is 3.56. The highest BCUT2D eigenvalue weighted by Crippen LogP contribution is 2.35. The zero-order chi connectivity index (χ0) is 11.4. The molecule has 0 atom stereocenters. The Hall–Kier alpha value is -1.51. The van der Waals surface area contributed by atoms with Gasteiger partial charge in [-0.2, -0.15) is 0 Å². The molecule has 1 aromatic carbocycles. The summed E-state index contributed by atoms with van der Waals surface area (Å²) in [5.41, 5.74) is 2.71. The first-order valence-electron chi connectivity index (χ1n) is 4.91. The Bertz CT molecular complexity index is 370. The average Bonchev–Trinajstić information content (AvgIpc) is 2.23. The Morgan fingerprint density at radius 2 is 2.13 bits per heavy atom. The molecule has 0 fully saturated rings. The second kappa shape index (κ2) is 4.82. The molecule has 1 aromatic rings. The summed E-state index contributed by atoms with van der Waals surface area (Å²) < 4.78 is 5.14. The molecule has 0 amide bonds. The molecule has 3 nitrogen and oxygen atoms in total. The van der Waals surface area contributed by atoms with Gasteiger partial charge in [0.1, 0.15) is 6.29 Å². The van der Waals surface area contributed by atoms with Gasteiger partial charge in [-0.15, -0.1) is 0 Å². The van der Waals surface area contributed by atoms with Crippen LogP contribution in [0.3, 0.4) is 0 Å². The van der Waals surface area contributed by atoms with E-state index >= 15 is 0 Å². The topological polar surface area (TPSA) is 46.5 Å². The quantitative estimate of drug-likeness (QED) is 0.771. The van der Waals surface area contributed by atoms with Gasteiger partial charge in [-0.1, -0.05) is 6.07 Å². The Kier molecular flexibility index (Phi) is 3.72. The maximum atomic E-state index is 10.3. The van der Waals surface area contributed by atoms with Crippen LogP contribution in [-0.2, 0) is 11.2 Å². The van der Waals surface area contributed by atoms with E-state index in [4.69, 9.17) is 4.74 Å². The van der Waals surface area contributed by atoms with Gasteiger partial charge < -0.3 is 14.6 Å². The maximum Gasteiger partial charge on any atom is 0.163 e. The minimum Gasteiger partial charge on any atom is -0.504 e. The van der Waals surface area contributed by atoms with Crippen LogP contribution < -0.4 is 4.74 Å². The van der Waals surface area contributed by atoms with E-state index in [2.05, 4.69) is 0 Å². The van der Waals surface area contributed by atoms with E-state index in [-0.39, 0.29) is 5.75 Å². The number of phenols is 1. The predicted molar refractivity (Wildman–Crippen MR) is 58.5 cm³/mol. The third-order valence-corrected chi connectivity index (χ3v) is 2.58. The minimum absolute atomic E-state index is 0.179. The number of benzene rings is 1. The summed E-state index contributed by atoms with van der Waals surface area (Å²) in [4.78, 5) is 10.3. The van der Waals surface area contributed by atoms with Gasteiger partial charge in [0.05, 0.1) is 7.11 Å². The molecule has 0 radical (unpaired) electrons. The number of hydrogen-bond acceptors (Lipinski definition) is 3. The van der Waals surface area contributed by atoms with Crippen molar-refractivity contribution in [2.45, 2.75) is 26.7 Å². The van der Waals surface area contributed by atoms with Crippen molar-refractivity contribution in [1.29, 1.82) is 0 Å². The smallest absolute Gasteiger partial charge is 0.163 e. The van der Waals surface area contributed by atoms with Crippen molar-refractivity contribution in [2.24, 2.45) is 0 Å². The Morgan fingerprint density at radius 3 is 2.67 bits per heavy atom. The Labute approximate surface area is 89.7 Å². The summed E-state index contributed by atoms with van der Waals surface area (Å²) in [6.07, 6.45) is 1.91. The van der Waals surface area contributed by atoms with E-state index in [0.717, 1.165) is 23.0 Å². The largest absolute Gasteiger partial charge is 0.504 e. The molecule has 1 N–H and O–H groups in total. The van der Waals surface area contributed by atoms with Crippen molar-refractivity contribution >= 4 is 6.29 Å². The van der Waals surface area contributed by atoms with Crippen molar-refractivity contribution in [1.82, 2.24) is 0 Å². The van der Waals surface area contributed by atoms with Gasteiger partial charge in [0.15, 0.2) is 11.5 Å². The molecule has 1 rings (SSSR count). The third kappa shape index (κ3) is 2.29. The van der Waals surface area contributed by atoms with E-state index in [1.54, 1.807) is 0 Å². The lowest BCUT2D eigenvalue weighted by Gasteiger charge is -2.13. The van der Waals surface area contributed by atoms with Crippen LogP contribution in [0.25, 0.3) is 0 Å². The molecule has 15 heavy (non-hydrogen) atoms. The monoisotopic (exact) mass is 208 g/mol. The standard InChI is InChI=1S/C12H16O3/c1-8-7-10(5-4-6-13)12(15-3)11(14)9(8)2/h6-7,14H,4-5H2,1-3H3. The van der Waals surface area contributed by atoms with Crippen LogP contribution >= 0.6 is 0 Å². The zero-order valence-corrected chi connectivity index (χ0v) is 9.33. The molecule has 0 aromatic heterocycles. The lowest BCUT2D eigenvalue weighted by molar-refractivity contribution is -0.107. The van der Waals surface area contributed by atoms with Crippen molar-refractivity contribution in [3.05, 3.63) is 22.8 Å². The molecule has 0 spiro atoms. The van der Waals surface area contributed by atoms with Gasteiger partial charge in [-0.25, -0.2) is 0 Å². The van der Waals surface area contributed by atoms with Crippen LogP contribution in [0.15, 0.2) is 6.07 Å². The fraction of sp³-hybridized carbons (Fsp3) is 0.417. The lowest BCUT2D eigenvalue weighted by atomic mass is 10.0. The number of methoxy groups -OCH3 is 1. The molecular formula is C12H16O3. The van der Waals surface area contributed by atoms with Crippen LogP contribution in [0.2, 0.25) is 0 Å². The first-order chi connectivity index (χ1) is 7.11. The molecule has 0 aliphatic rings. The Morgan fingerprint density at radius 1 is 1.47 bits per heavy atom. The first-order valence-corrected chi connectivity index (χ1v) is 4.91. The second-order valence-corrected chi connectivity index (χ2v) is 3.56. The minimum atomic E-state index is 0.179. The number of aromatic hydroxyl groups is 1. The number of carbonyl (C=O) groups is 1. The van der Waals surface area contributed by atoms with E-state index in [9.17, 15) is 9.90 Å². The van der Waals surface area contributed by atoms with Crippen molar-refractivity contribution < 1.29 is 14.6 Å². The summed E-state index contributed by atoms with van der Waals surface area (Å²) in [5.74, 6) is 0.665. The van der Waals surface area contributed by atoms with Gasteiger partial charge in [-0.05, 0) is 37.0 Å². The molecular weight excluding hydrogens is 192 g/mol. The van der Waals surface area contributed by atoms with Crippen LogP contribution in [0.5, 0.6) is 11.5 Å². The van der Waals surface area contributed by atoms with E-state index in [1.807, 2.05) is 19.9 Å². The number of carbonyl (C=O) groups excluding carboxylic acids is 1. The first kappa shape index (κ1) is 11.6. The highest BCUT2D eigenvalue weighted by Gasteiger charge is 2.13. The van der Waals surface area contributed by atoms with Crippen LogP contribution in [0, 0.1) is 13.8 Å². The molecule has 0 aliphatic carbocycles. The average molecular weight is 208 g/mol. The SMILES string of the molecule is COc1c(CCC=O)cc(C)c(C)c1O. The molecule has 0 bridgehead atoms. The highest BCUT2D eigenvalue weighted by molar-refractivity contribution is 5.56. The molecule has 0 unspecified atom stereocenters. The van der Waals surface area contributed by atoms with Gasteiger partial charge in [0.2, 0.25) is 0 Å². The number of aryl methyl sites for hydroxylation is 2. The summed E-state index contributed by atoms with van der Waals surface area (Å²) in [5, 5.41) is 9.85. The van der Waals surface area contributed by atoms with Gasteiger partial charge >= 0.3 is 0 Å². The Balaban J connectivity index is 3.19. The number of phenolic OH excluding ortho intramolecular Hbond substituents is 1. The normalized spacial score (nSPS) is 10.1. The van der Waals surface area contributed by atoms with Crippen LogP contribution in [-0.4, -0.2) is 18.5 Å². The van der Waals surface area contributed by atoms with Crippen molar-refractivity contribution in [2.75, 3.05) is 7.11 Å². The van der Waals surface area contributed by atoms with Gasteiger partial charge in [0, 0.05) is 6.42 Å². The molecule has 0 aliphatic heterocycles. The predicted octanol–water partition coefficient (Wildman–Crippen LogP) is 2.15. The van der Waals surface area contributed by atoms with Crippen molar-refractivity contribution in [3.63, 3.8) is 0 Å². The van der Waals surface area contributed by atoms with Crippen LogP contribution in [0.4, 0.5) is 0 Å². The van der Waals surface area contributed by atoms with E-state index in [0.29, 0.717) is 18.6 Å². The zero-order valence-electron chi connectivity index (χ0n) is 9.33. The van der Waals surface area contributed by atoms with E-state index < -0.39 is 0 Å². The molecule has 82 valence electrons. The molecule has 0 saturated carbocycles. The highest BCUT2D eigenvalue weighted by atomic mass is 16.5. The summed E-state index contributed by atoms with van der Waals surface area (Å²) >= 11 is 0. The number of ether oxygens (including phenoxy) is 1. The molecule has 3 heteroatoms. The van der Waals surface area contributed by atoms with Gasteiger partial charge in [0.25, 0.3) is 0 Å². The van der Waals surface area contributed by atoms with Crippen LogP contribution in [0.1, 0.15) is 23.1 Å². The fourth-order valence-corrected chi connectivity index (χ4v) is 1.57. The number of rotatable bonds is 4. The van der Waals surface area contributed by atoms with E-state index in [1.165, 1.54) is 7.11 Å². The van der Waals surface area contributed by atoms with Gasteiger partial charge in [-0.3, -0.25) is 0 Å². The third-order valence-electron chi connectivity index (χ3n) is 2.58. The number of hydrogen-bond donors (Lipinski definition) is 1. The fourth-order valence-electron chi connectivity index (χ4n) is 1.57. The lowest BCUT2D eigenvalue weighted by Crippen LogP contribution is -1.97. The molecule has 0 saturated heterocycles. The molecule has 0 heterocycles. The summed E-state index contributed by atoms with van der Waals surface area (Å²) in [6.45, 7) is 3.77. The summed E-state index contributed by atoms with van der Waals surface area (Å²) in [6, 6.07) is 1.96. The number of aldehydes is 1. The van der Waals surface area contributed by atoms with Crippen molar-refractivity contribution in [3.8, 4) is 11.5 Å². The maximum absolute atomic E-state index is 10.3. The summed E-state index contributed by atoms with van der Waals surface area (Å²) in [7, 11) is 1.52.